The number of aliphatic hydroxyl groups excluding tert-OH is 3. The van der Waals surface area contributed by atoms with E-state index in [0.717, 1.165) is 32.1 Å². The van der Waals surface area contributed by atoms with E-state index in [9.17, 15) is 15.3 Å². The predicted molar refractivity (Wildman–Crippen MR) is 103 cm³/mol. The highest BCUT2D eigenvalue weighted by molar-refractivity contribution is 5.06. The zero-order valence-corrected chi connectivity index (χ0v) is 16.1. The van der Waals surface area contributed by atoms with Gasteiger partial charge in [0.25, 0.3) is 0 Å². The van der Waals surface area contributed by atoms with Crippen molar-refractivity contribution in [1.29, 1.82) is 0 Å². The first-order valence-corrected chi connectivity index (χ1v) is 10.4. The Bertz CT molecular complexity index is 433. The summed E-state index contributed by atoms with van der Waals surface area (Å²) in [5.74, 6) is 0.0853. The van der Waals surface area contributed by atoms with E-state index >= 15 is 0 Å². The van der Waals surface area contributed by atoms with Gasteiger partial charge in [-0.25, -0.2) is 0 Å². The highest BCUT2D eigenvalue weighted by Gasteiger charge is 2.42. The molecule has 0 spiro atoms. The van der Waals surface area contributed by atoms with Gasteiger partial charge in [-0.3, -0.25) is 0 Å². The Morgan fingerprint density at radius 2 is 1.84 bits per heavy atom. The summed E-state index contributed by atoms with van der Waals surface area (Å²) in [6.45, 7) is 4.36. The summed E-state index contributed by atoms with van der Waals surface area (Å²) in [4.78, 5) is 0. The fourth-order valence-corrected chi connectivity index (χ4v) is 4.57. The quantitative estimate of drug-likeness (QED) is 0.405. The zero-order chi connectivity index (χ0) is 18.3. The van der Waals surface area contributed by atoms with E-state index in [-0.39, 0.29) is 23.4 Å². The molecule has 0 bridgehead atoms. The van der Waals surface area contributed by atoms with E-state index in [2.05, 4.69) is 32.1 Å². The molecule has 0 amide bonds. The van der Waals surface area contributed by atoms with E-state index in [0.29, 0.717) is 12.8 Å². The molecule has 0 radical (unpaired) electrons. The van der Waals surface area contributed by atoms with Crippen molar-refractivity contribution in [1.82, 2.24) is 0 Å². The maximum absolute atomic E-state index is 10.5. The molecule has 2 aliphatic rings. The maximum atomic E-state index is 10.5. The SMILES string of the molecule is CCCC/C=C\CC1C(/C=C/CC(O)C2(CC)CCC2)[C@H](O)C[C@@H]1O. The van der Waals surface area contributed by atoms with E-state index < -0.39 is 12.2 Å². The number of rotatable bonds is 10. The summed E-state index contributed by atoms with van der Waals surface area (Å²) in [7, 11) is 0. The topological polar surface area (TPSA) is 60.7 Å². The van der Waals surface area contributed by atoms with Gasteiger partial charge in [0.15, 0.2) is 0 Å². The van der Waals surface area contributed by atoms with Crippen LogP contribution in [0.5, 0.6) is 0 Å². The lowest BCUT2D eigenvalue weighted by Gasteiger charge is -2.45. The molecule has 3 nitrogen and oxygen atoms in total. The van der Waals surface area contributed by atoms with Gasteiger partial charge in [-0.1, -0.05) is 57.4 Å². The molecule has 0 saturated heterocycles. The molecule has 3 heteroatoms. The Balaban J connectivity index is 1.87. The summed E-state index contributed by atoms with van der Waals surface area (Å²) >= 11 is 0. The second kappa shape index (κ2) is 9.89. The van der Waals surface area contributed by atoms with Crippen molar-refractivity contribution in [3.8, 4) is 0 Å². The molecule has 0 aliphatic heterocycles. The van der Waals surface area contributed by atoms with Gasteiger partial charge >= 0.3 is 0 Å². The molecule has 144 valence electrons. The lowest BCUT2D eigenvalue weighted by Crippen LogP contribution is -2.40. The van der Waals surface area contributed by atoms with Crippen molar-refractivity contribution in [2.45, 2.75) is 96.4 Å². The lowest BCUT2D eigenvalue weighted by atomic mass is 9.63. The highest BCUT2D eigenvalue weighted by atomic mass is 16.3. The van der Waals surface area contributed by atoms with E-state index in [1.54, 1.807) is 0 Å². The molecule has 0 aromatic heterocycles. The van der Waals surface area contributed by atoms with Gasteiger partial charge < -0.3 is 15.3 Å². The maximum Gasteiger partial charge on any atom is 0.0631 e. The molecule has 2 saturated carbocycles. The summed E-state index contributed by atoms with van der Waals surface area (Å²) in [5.41, 5.74) is 0.125. The minimum Gasteiger partial charge on any atom is -0.393 e. The van der Waals surface area contributed by atoms with Crippen molar-refractivity contribution < 1.29 is 15.3 Å². The normalized spacial score (nSPS) is 33.2. The van der Waals surface area contributed by atoms with Gasteiger partial charge in [0.1, 0.15) is 0 Å². The van der Waals surface area contributed by atoms with Crippen LogP contribution in [0.4, 0.5) is 0 Å². The molecule has 0 aromatic carbocycles. The standard InChI is InChI=1S/C22H38O3/c1-3-5-6-7-8-11-17-18(20(24)16-19(17)23)12-9-13-21(25)22(4-2)14-10-15-22/h7-9,12,17-21,23-25H,3-6,10-11,13-16H2,1-2H3/b8-7-,12-9+/t17?,18?,19-,20+,21?/m0/s1. The number of aliphatic hydroxyl groups is 3. The van der Waals surface area contributed by atoms with E-state index in [1.165, 1.54) is 19.3 Å². The fraction of sp³-hybridized carbons (Fsp3) is 0.818. The molecule has 2 fully saturated rings. The van der Waals surface area contributed by atoms with Crippen LogP contribution in [0, 0.1) is 17.3 Å². The molecular weight excluding hydrogens is 312 g/mol. The van der Waals surface area contributed by atoms with Crippen molar-refractivity contribution in [3.63, 3.8) is 0 Å². The Morgan fingerprint density at radius 3 is 2.44 bits per heavy atom. The third-order valence-electron chi connectivity index (χ3n) is 6.69. The largest absolute Gasteiger partial charge is 0.393 e. The van der Waals surface area contributed by atoms with Crippen molar-refractivity contribution >= 4 is 0 Å². The average molecular weight is 351 g/mol. The van der Waals surface area contributed by atoms with Crippen LogP contribution in [0.1, 0.15) is 78.1 Å². The highest BCUT2D eigenvalue weighted by Crippen LogP contribution is 2.47. The van der Waals surface area contributed by atoms with Gasteiger partial charge in [0.05, 0.1) is 18.3 Å². The Morgan fingerprint density at radius 1 is 1.08 bits per heavy atom. The van der Waals surface area contributed by atoms with Gasteiger partial charge in [-0.2, -0.15) is 0 Å². The molecule has 5 atom stereocenters. The smallest absolute Gasteiger partial charge is 0.0631 e. The minimum absolute atomic E-state index is 0.00278. The monoisotopic (exact) mass is 350 g/mol. The van der Waals surface area contributed by atoms with Crippen LogP contribution in [0.15, 0.2) is 24.3 Å². The summed E-state index contributed by atoms with van der Waals surface area (Å²) in [6.07, 6.45) is 17.2. The predicted octanol–water partition coefficient (Wildman–Crippen LogP) is 4.37. The molecule has 0 aromatic rings. The van der Waals surface area contributed by atoms with Crippen molar-refractivity contribution in [2.24, 2.45) is 17.3 Å². The number of allylic oxidation sites excluding steroid dienone is 2. The summed E-state index contributed by atoms with van der Waals surface area (Å²) in [5, 5.41) is 31.1. The van der Waals surface area contributed by atoms with Crippen LogP contribution in [-0.4, -0.2) is 33.6 Å². The van der Waals surface area contributed by atoms with Crippen LogP contribution in [-0.2, 0) is 0 Å². The second-order valence-corrected chi connectivity index (χ2v) is 8.21. The third kappa shape index (κ3) is 5.18. The third-order valence-corrected chi connectivity index (χ3v) is 6.69. The van der Waals surface area contributed by atoms with E-state index in [4.69, 9.17) is 0 Å². The first-order valence-electron chi connectivity index (χ1n) is 10.4. The van der Waals surface area contributed by atoms with Gasteiger partial charge in [-0.15, -0.1) is 0 Å². The summed E-state index contributed by atoms with van der Waals surface area (Å²) in [6, 6.07) is 0. The Labute approximate surface area is 153 Å². The molecule has 2 rings (SSSR count). The van der Waals surface area contributed by atoms with E-state index in [1.807, 2.05) is 6.08 Å². The van der Waals surface area contributed by atoms with Crippen LogP contribution in [0.25, 0.3) is 0 Å². The first kappa shape index (κ1) is 20.7. The zero-order valence-electron chi connectivity index (χ0n) is 16.1. The van der Waals surface area contributed by atoms with Gasteiger partial charge in [0, 0.05) is 12.3 Å². The molecule has 3 unspecified atom stereocenters. The molecule has 0 heterocycles. The van der Waals surface area contributed by atoms with Crippen molar-refractivity contribution in [3.05, 3.63) is 24.3 Å². The summed E-state index contributed by atoms with van der Waals surface area (Å²) < 4.78 is 0. The molecular formula is C22H38O3. The van der Waals surface area contributed by atoms with Crippen LogP contribution in [0.3, 0.4) is 0 Å². The van der Waals surface area contributed by atoms with Gasteiger partial charge in [0.2, 0.25) is 0 Å². The van der Waals surface area contributed by atoms with Crippen LogP contribution >= 0.6 is 0 Å². The minimum atomic E-state index is -0.471. The number of unbranched alkanes of at least 4 members (excludes halogenated alkanes) is 2. The average Bonchev–Trinajstić information content (AvgIpc) is 2.81. The molecule has 25 heavy (non-hydrogen) atoms. The number of hydrogen-bond donors (Lipinski definition) is 3. The Kier molecular flexibility index (Phi) is 8.18. The molecule has 2 aliphatic carbocycles. The number of hydrogen-bond acceptors (Lipinski definition) is 3. The van der Waals surface area contributed by atoms with Gasteiger partial charge in [-0.05, 0) is 49.9 Å². The van der Waals surface area contributed by atoms with Crippen molar-refractivity contribution in [2.75, 3.05) is 0 Å². The lowest BCUT2D eigenvalue weighted by molar-refractivity contribution is -0.0355. The van der Waals surface area contributed by atoms with Crippen LogP contribution < -0.4 is 0 Å². The molecule has 3 N–H and O–H groups in total. The second-order valence-electron chi connectivity index (χ2n) is 8.21. The fourth-order valence-electron chi connectivity index (χ4n) is 4.57. The first-order chi connectivity index (χ1) is 12.0. The Hall–Kier alpha value is -0.640. The van der Waals surface area contributed by atoms with Crippen LogP contribution in [0.2, 0.25) is 0 Å².